The molecule has 0 bridgehead atoms. The van der Waals surface area contributed by atoms with E-state index in [0.717, 1.165) is 10.8 Å². The van der Waals surface area contributed by atoms with Crippen LogP contribution in [-0.2, 0) is 10.0 Å². The third kappa shape index (κ3) is 3.13. The van der Waals surface area contributed by atoms with Crippen LogP contribution in [0.25, 0.3) is 0 Å². The number of sulfonamides is 1. The van der Waals surface area contributed by atoms with Gasteiger partial charge in [-0.25, -0.2) is 13.4 Å². The quantitative estimate of drug-likeness (QED) is 0.770. The van der Waals surface area contributed by atoms with E-state index in [0.29, 0.717) is 31.1 Å². The number of anilines is 1. The van der Waals surface area contributed by atoms with Crippen LogP contribution in [0, 0.1) is 6.92 Å². The van der Waals surface area contributed by atoms with E-state index in [-0.39, 0.29) is 5.78 Å². The highest BCUT2D eigenvalue weighted by atomic mass is 32.2. The van der Waals surface area contributed by atoms with Crippen LogP contribution in [0.3, 0.4) is 0 Å². The van der Waals surface area contributed by atoms with E-state index in [1.165, 1.54) is 28.8 Å². The Morgan fingerprint density at radius 1 is 1.26 bits per heavy atom. The third-order valence-corrected chi connectivity index (χ3v) is 5.71. The van der Waals surface area contributed by atoms with E-state index < -0.39 is 10.0 Å². The summed E-state index contributed by atoms with van der Waals surface area (Å²) >= 11 is 1.38. The Balaban J connectivity index is 2.10. The minimum atomic E-state index is -3.11. The van der Waals surface area contributed by atoms with E-state index in [2.05, 4.69) is 4.98 Å². The van der Waals surface area contributed by atoms with Gasteiger partial charge in [-0.15, -0.1) is 0 Å². The van der Waals surface area contributed by atoms with Crippen LogP contribution in [0.2, 0.25) is 0 Å². The van der Waals surface area contributed by atoms with E-state index in [1.54, 1.807) is 0 Å². The van der Waals surface area contributed by atoms with Gasteiger partial charge >= 0.3 is 0 Å². The zero-order valence-corrected chi connectivity index (χ0v) is 12.8. The smallest absolute Gasteiger partial charge is 0.211 e. The first-order valence-electron chi connectivity index (χ1n) is 5.97. The predicted molar refractivity (Wildman–Crippen MR) is 75.5 cm³/mol. The summed E-state index contributed by atoms with van der Waals surface area (Å²) in [5, 5.41) is 0.802. The number of thiazole rings is 1. The highest BCUT2D eigenvalue weighted by Gasteiger charge is 2.25. The summed E-state index contributed by atoms with van der Waals surface area (Å²) < 4.78 is 24.3. The van der Waals surface area contributed by atoms with Crippen LogP contribution < -0.4 is 4.90 Å². The standard InChI is InChI=1S/C11H17N3O3S2/c1-8-10(9(2)15)18-11(12-8)13-4-6-14(7-5-13)19(3,16)17/h4-7H2,1-3H3. The lowest BCUT2D eigenvalue weighted by molar-refractivity contribution is 0.102. The molecule has 0 atom stereocenters. The van der Waals surface area contributed by atoms with Crippen LogP contribution in [0.15, 0.2) is 0 Å². The molecule has 8 heteroatoms. The van der Waals surface area contributed by atoms with E-state index in [1.807, 2.05) is 11.8 Å². The normalized spacial score (nSPS) is 17.7. The van der Waals surface area contributed by atoms with Crippen molar-refractivity contribution in [3.8, 4) is 0 Å². The fraction of sp³-hybridized carbons (Fsp3) is 0.636. The highest BCUT2D eigenvalue weighted by molar-refractivity contribution is 7.88. The van der Waals surface area contributed by atoms with Gasteiger partial charge in [0.05, 0.1) is 16.8 Å². The monoisotopic (exact) mass is 303 g/mol. The minimum absolute atomic E-state index is 0.0241. The molecule has 2 rings (SSSR count). The van der Waals surface area contributed by atoms with Gasteiger partial charge in [-0.05, 0) is 6.92 Å². The molecule has 0 aliphatic carbocycles. The maximum Gasteiger partial charge on any atom is 0.211 e. The number of aryl methyl sites for hydroxylation is 1. The van der Waals surface area contributed by atoms with Crippen molar-refractivity contribution in [3.63, 3.8) is 0 Å². The van der Waals surface area contributed by atoms with Crippen LogP contribution in [-0.4, -0.2) is 55.9 Å². The summed E-state index contributed by atoms with van der Waals surface area (Å²) in [4.78, 5) is 18.5. The number of aromatic nitrogens is 1. The first-order chi connectivity index (χ1) is 8.79. The van der Waals surface area contributed by atoms with Crippen molar-refractivity contribution in [2.45, 2.75) is 13.8 Å². The number of hydrogen-bond donors (Lipinski definition) is 0. The van der Waals surface area contributed by atoms with Gasteiger partial charge in [-0.3, -0.25) is 4.79 Å². The molecule has 106 valence electrons. The maximum atomic E-state index is 11.4. The largest absolute Gasteiger partial charge is 0.345 e. The first-order valence-corrected chi connectivity index (χ1v) is 8.64. The molecule has 19 heavy (non-hydrogen) atoms. The van der Waals surface area contributed by atoms with Crippen molar-refractivity contribution < 1.29 is 13.2 Å². The number of hydrogen-bond acceptors (Lipinski definition) is 6. The SMILES string of the molecule is CC(=O)c1sc(N2CCN(S(C)(=O)=O)CC2)nc1C. The lowest BCUT2D eigenvalue weighted by Gasteiger charge is -2.32. The van der Waals surface area contributed by atoms with Gasteiger partial charge in [0, 0.05) is 33.1 Å². The highest BCUT2D eigenvalue weighted by Crippen LogP contribution is 2.27. The average Bonchev–Trinajstić information content (AvgIpc) is 2.70. The molecule has 0 radical (unpaired) electrons. The molecule has 1 aliphatic rings. The number of Topliss-reactive ketones (excluding diaryl/α,β-unsaturated/α-hetero) is 1. The van der Waals surface area contributed by atoms with Gasteiger partial charge in [0.1, 0.15) is 0 Å². The maximum absolute atomic E-state index is 11.4. The molecule has 1 aromatic heterocycles. The minimum Gasteiger partial charge on any atom is -0.345 e. The van der Waals surface area contributed by atoms with Crippen LogP contribution >= 0.6 is 11.3 Å². The molecule has 0 aromatic carbocycles. The number of ketones is 1. The fourth-order valence-corrected chi connectivity index (χ4v) is 3.90. The number of rotatable bonds is 3. The second kappa shape index (κ2) is 5.18. The molecule has 1 saturated heterocycles. The molecule has 6 nitrogen and oxygen atoms in total. The van der Waals surface area contributed by atoms with Crippen LogP contribution in [0.4, 0.5) is 5.13 Å². The Labute approximate surface area is 117 Å². The van der Waals surface area contributed by atoms with Crippen molar-refractivity contribution in [2.24, 2.45) is 0 Å². The van der Waals surface area contributed by atoms with Gasteiger partial charge in [-0.1, -0.05) is 11.3 Å². The molecule has 0 spiro atoms. The second-order valence-electron chi connectivity index (χ2n) is 4.62. The Bertz CT molecular complexity index is 586. The van der Waals surface area contributed by atoms with Gasteiger partial charge in [0.25, 0.3) is 0 Å². The van der Waals surface area contributed by atoms with Gasteiger partial charge in [0.2, 0.25) is 10.0 Å². The Morgan fingerprint density at radius 2 is 1.84 bits per heavy atom. The number of carbonyl (C=O) groups excluding carboxylic acids is 1. The molecule has 0 amide bonds. The fourth-order valence-electron chi connectivity index (χ4n) is 2.06. The Kier molecular flexibility index (Phi) is 3.93. The summed E-state index contributed by atoms with van der Waals surface area (Å²) in [6, 6.07) is 0. The van der Waals surface area contributed by atoms with Crippen molar-refractivity contribution in [2.75, 3.05) is 37.3 Å². The van der Waals surface area contributed by atoms with Crippen molar-refractivity contribution in [3.05, 3.63) is 10.6 Å². The summed E-state index contributed by atoms with van der Waals surface area (Å²) in [7, 11) is -3.11. The molecular weight excluding hydrogens is 286 g/mol. The Hall–Kier alpha value is -0.990. The molecule has 1 fully saturated rings. The zero-order valence-electron chi connectivity index (χ0n) is 11.2. The predicted octanol–water partition coefficient (Wildman–Crippen LogP) is 0.736. The van der Waals surface area contributed by atoms with E-state index in [9.17, 15) is 13.2 Å². The first kappa shape index (κ1) is 14.4. The third-order valence-electron chi connectivity index (χ3n) is 3.08. The lowest BCUT2D eigenvalue weighted by atomic mass is 10.3. The average molecular weight is 303 g/mol. The summed E-state index contributed by atoms with van der Waals surface area (Å²) in [6.45, 7) is 5.50. The number of carbonyl (C=O) groups is 1. The lowest BCUT2D eigenvalue weighted by Crippen LogP contribution is -2.48. The Morgan fingerprint density at radius 3 is 2.26 bits per heavy atom. The topological polar surface area (TPSA) is 70.6 Å². The molecule has 0 saturated carbocycles. The summed E-state index contributed by atoms with van der Waals surface area (Å²) in [6.07, 6.45) is 1.23. The molecule has 0 N–H and O–H groups in total. The molecule has 2 heterocycles. The molecule has 0 unspecified atom stereocenters. The van der Waals surface area contributed by atoms with E-state index >= 15 is 0 Å². The van der Waals surface area contributed by atoms with Gasteiger partial charge in [0.15, 0.2) is 10.9 Å². The van der Waals surface area contributed by atoms with Gasteiger partial charge < -0.3 is 4.90 Å². The molecule has 1 aliphatic heterocycles. The van der Waals surface area contributed by atoms with Gasteiger partial charge in [-0.2, -0.15) is 4.31 Å². The zero-order chi connectivity index (χ0) is 14.2. The number of piperazine rings is 1. The van der Waals surface area contributed by atoms with Crippen LogP contribution in [0.5, 0.6) is 0 Å². The van der Waals surface area contributed by atoms with Crippen LogP contribution in [0.1, 0.15) is 22.3 Å². The van der Waals surface area contributed by atoms with Crippen molar-refractivity contribution >= 4 is 32.3 Å². The second-order valence-corrected chi connectivity index (χ2v) is 7.58. The van der Waals surface area contributed by atoms with Crippen molar-refractivity contribution in [1.29, 1.82) is 0 Å². The summed E-state index contributed by atoms with van der Waals surface area (Å²) in [5.74, 6) is 0.0241. The molecule has 1 aromatic rings. The van der Waals surface area contributed by atoms with Crippen molar-refractivity contribution in [1.82, 2.24) is 9.29 Å². The summed E-state index contributed by atoms with van der Waals surface area (Å²) in [5.41, 5.74) is 0.748. The molecular formula is C11H17N3O3S2. The van der Waals surface area contributed by atoms with E-state index in [4.69, 9.17) is 0 Å². The number of nitrogens with zero attached hydrogens (tertiary/aromatic N) is 3.